The number of aromatic nitrogens is 1. The van der Waals surface area contributed by atoms with E-state index in [-0.39, 0.29) is 23.5 Å². The zero-order chi connectivity index (χ0) is 22.9. The van der Waals surface area contributed by atoms with Crippen molar-refractivity contribution >= 4 is 55.8 Å². The SMILES string of the molecule is O=C1S/C(=C\c2cn(Cc3ccc(F)cc3)c3ccccc23)C(=O)N1Cc1cccc(Br)c1. The number of rotatable bonds is 5. The fourth-order valence-corrected chi connectivity index (χ4v) is 5.18. The highest BCUT2D eigenvalue weighted by Crippen LogP contribution is 2.35. The molecular formula is C26H18BrFN2O2S. The highest BCUT2D eigenvalue weighted by Gasteiger charge is 2.35. The number of halogens is 2. The molecule has 2 heterocycles. The number of carbonyl (C=O) groups is 2. The van der Waals surface area contributed by atoms with E-state index < -0.39 is 0 Å². The first-order valence-corrected chi connectivity index (χ1v) is 11.9. The van der Waals surface area contributed by atoms with Gasteiger partial charge in [-0.3, -0.25) is 14.5 Å². The Balaban J connectivity index is 1.45. The third kappa shape index (κ3) is 4.51. The fourth-order valence-electron chi connectivity index (χ4n) is 3.90. The Morgan fingerprint density at radius 3 is 2.48 bits per heavy atom. The van der Waals surface area contributed by atoms with Gasteiger partial charge in [-0.05, 0) is 59.3 Å². The summed E-state index contributed by atoms with van der Waals surface area (Å²) in [5.41, 5.74) is 3.71. The van der Waals surface area contributed by atoms with E-state index in [9.17, 15) is 14.0 Å². The van der Waals surface area contributed by atoms with Crippen LogP contribution in [0.5, 0.6) is 0 Å². The van der Waals surface area contributed by atoms with Gasteiger partial charge in [0.05, 0.1) is 11.4 Å². The molecule has 0 unspecified atom stereocenters. The van der Waals surface area contributed by atoms with E-state index in [1.54, 1.807) is 18.2 Å². The van der Waals surface area contributed by atoms with Crippen molar-refractivity contribution < 1.29 is 14.0 Å². The summed E-state index contributed by atoms with van der Waals surface area (Å²) in [5, 5.41) is 0.708. The number of amides is 2. The van der Waals surface area contributed by atoms with E-state index in [4.69, 9.17) is 0 Å². The van der Waals surface area contributed by atoms with Gasteiger partial charge >= 0.3 is 0 Å². The number of imide groups is 1. The van der Waals surface area contributed by atoms with Gasteiger partial charge in [0, 0.05) is 33.7 Å². The van der Waals surface area contributed by atoms with Crippen LogP contribution in [0.2, 0.25) is 0 Å². The first-order valence-electron chi connectivity index (χ1n) is 10.3. The van der Waals surface area contributed by atoms with Crippen LogP contribution in [0.3, 0.4) is 0 Å². The average molecular weight is 521 g/mol. The molecule has 4 nitrogen and oxygen atoms in total. The molecule has 1 aliphatic rings. The molecule has 1 aromatic heterocycles. The van der Waals surface area contributed by atoms with Crippen molar-refractivity contribution in [3.05, 3.63) is 111 Å². The van der Waals surface area contributed by atoms with Crippen LogP contribution in [0, 0.1) is 5.82 Å². The molecule has 0 N–H and O–H groups in total. The largest absolute Gasteiger partial charge is 0.342 e. The highest BCUT2D eigenvalue weighted by molar-refractivity contribution is 9.10. The van der Waals surface area contributed by atoms with Crippen molar-refractivity contribution in [3.8, 4) is 0 Å². The molecule has 0 atom stereocenters. The molecule has 33 heavy (non-hydrogen) atoms. The first kappa shape index (κ1) is 21.7. The zero-order valence-electron chi connectivity index (χ0n) is 17.4. The Labute approximate surface area is 202 Å². The summed E-state index contributed by atoms with van der Waals surface area (Å²) in [6.07, 6.45) is 3.76. The molecule has 1 fully saturated rings. The zero-order valence-corrected chi connectivity index (χ0v) is 19.8. The lowest BCUT2D eigenvalue weighted by atomic mass is 10.1. The molecule has 1 saturated heterocycles. The second kappa shape index (κ2) is 9.00. The lowest BCUT2D eigenvalue weighted by molar-refractivity contribution is -0.123. The van der Waals surface area contributed by atoms with E-state index in [1.165, 1.54) is 17.0 Å². The second-order valence-corrected chi connectivity index (χ2v) is 9.66. The summed E-state index contributed by atoms with van der Waals surface area (Å²) in [7, 11) is 0. The summed E-state index contributed by atoms with van der Waals surface area (Å²) >= 11 is 4.38. The van der Waals surface area contributed by atoms with E-state index in [1.807, 2.05) is 54.7 Å². The Morgan fingerprint density at radius 2 is 1.70 bits per heavy atom. The van der Waals surface area contributed by atoms with E-state index in [0.29, 0.717) is 11.4 Å². The van der Waals surface area contributed by atoms with Gasteiger partial charge in [0.15, 0.2) is 0 Å². The van der Waals surface area contributed by atoms with Gasteiger partial charge in [-0.1, -0.05) is 58.4 Å². The van der Waals surface area contributed by atoms with Gasteiger partial charge in [-0.25, -0.2) is 4.39 Å². The molecule has 3 aromatic carbocycles. The Bertz CT molecular complexity index is 1410. The summed E-state index contributed by atoms with van der Waals surface area (Å²) in [6.45, 7) is 0.798. The van der Waals surface area contributed by atoms with Gasteiger partial charge in [0.1, 0.15) is 5.82 Å². The molecule has 4 aromatic rings. The van der Waals surface area contributed by atoms with Crippen molar-refractivity contribution in [3.63, 3.8) is 0 Å². The second-order valence-electron chi connectivity index (χ2n) is 7.75. The number of para-hydroxylation sites is 1. The molecule has 0 saturated carbocycles. The van der Waals surface area contributed by atoms with Gasteiger partial charge < -0.3 is 4.57 Å². The fraction of sp³-hybridized carbons (Fsp3) is 0.0769. The lowest BCUT2D eigenvalue weighted by Crippen LogP contribution is -2.27. The van der Waals surface area contributed by atoms with E-state index in [0.717, 1.165) is 43.8 Å². The summed E-state index contributed by atoms with van der Waals surface area (Å²) in [4.78, 5) is 27.3. The molecule has 7 heteroatoms. The monoisotopic (exact) mass is 520 g/mol. The summed E-state index contributed by atoms with van der Waals surface area (Å²) < 4.78 is 16.3. The van der Waals surface area contributed by atoms with Crippen LogP contribution in [0.4, 0.5) is 9.18 Å². The number of thioether (sulfide) groups is 1. The van der Waals surface area contributed by atoms with Gasteiger partial charge in [-0.2, -0.15) is 0 Å². The van der Waals surface area contributed by atoms with Crippen molar-refractivity contribution in [1.82, 2.24) is 9.47 Å². The summed E-state index contributed by atoms with van der Waals surface area (Å²) in [5.74, 6) is -0.560. The predicted octanol–water partition coefficient (Wildman–Crippen LogP) is 6.83. The minimum absolute atomic E-state index is 0.230. The molecule has 0 aliphatic carbocycles. The van der Waals surface area contributed by atoms with Gasteiger partial charge in [0.2, 0.25) is 0 Å². The van der Waals surface area contributed by atoms with Crippen molar-refractivity contribution in [2.45, 2.75) is 13.1 Å². The van der Waals surface area contributed by atoms with E-state index in [2.05, 4.69) is 20.5 Å². The number of benzene rings is 3. The van der Waals surface area contributed by atoms with Crippen LogP contribution in [-0.4, -0.2) is 20.6 Å². The Hall–Kier alpha value is -3.16. The quantitative estimate of drug-likeness (QED) is 0.271. The van der Waals surface area contributed by atoms with Crippen LogP contribution in [0.25, 0.3) is 17.0 Å². The maximum Gasteiger partial charge on any atom is 0.293 e. The van der Waals surface area contributed by atoms with Crippen molar-refractivity contribution in [1.29, 1.82) is 0 Å². The molecule has 5 rings (SSSR count). The van der Waals surface area contributed by atoms with Crippen LogP contribution >= 0.6 is 27.7 Å². The number of hydrogen-bond donors (Lipinski definition) is 0. The lowest BCUT2D eigenvalue weighted by Gasteiger charge is -2.12. The number of carbonyl (C=O) groups excluding carboxylic acids is 2. The van der Waals surface area contributed by atoms with Crippen LogP contribution in [-0.2, 0) is 17.9 Å². The highest BCUT2D eigenvalue weighted by atomic mass is 79.9. The molecule has 0 spiro atoms. The minimum atomic E-state index is -0.291. The van der Waals surface area contributed by atoms with Crippen LogP contribution in [0.1, 0.15) is 16.7 Å². The number of fused-ring (bicyclic) bond motifs is 1. The minimum Gasteiger partial charge on any atom is -0.342 e. The van der Waals surface area contributed by atoms with Crippen molar-refractivity contribution in [2.24, 2.45) is 0 Å². The standard InChI is InChI=1S/C26H18BrFN2O2S/c27-20-5-3-4-18(12-20)15-30-25(31)24(33-26(30)32)13-19-16-29(23-7-2-1-6-22(19)23)14-17-8-10-21(28)11-9-17/h1-13,16H,14-15H2/b24-13-. The topological polar surface area (TPSA) is 42.3 Å². The third-order valence-electron chi connectivity index (χ3n) is 5.48. The van der Waals surface area contributed by atoms with Crippen molar-refractivity contribution in [2.75, 3.05) is 0 Å². The van der Waals surface area contributed by atoms with Crippen LogP contribution < -0.4 is 0 Å². The van der Waals surface area contributed by atoms with Gasteiger partial charge in [-0.15, -0.1) is 0 Å². The average Bonchev–Trinajstić information content (AvgIpc) is 3.28. The van der Waals surface area contributed by atoms with Crippen LogP contribution in [0.15, 0.2) is 88.4 Å². The number of hydrogen-bond acceptors (Lipinski definition) is 3. The molecular weight excluding hydrogens is 503 g/mol. The van der Waals surface area contributed by atoms with Gasteiger partial charge in [0.25, 0.3) is 11.1 Å². The summed E-state index contributed by atoms with van der Waals surface area (Å²) in [6, 6.07) is 21.9. The molecule has 2 amide bonds. The normalized spacial score (nSPS) is 15.2. The maximum absolute atomic E-state index is 13.3. The third-order valence-corrected chi connectivity index (χ3v) is 6.88. The first-order chi connectivity index (χ1) is 16.0. The molecule has 0 bridgehead atoms. The molecule has 164 valence electrons. The van der Waals surface area contributed by atoms with E-state index >= 15 is 0 Å². The predicted molar refractivity (Wildman–Crippen MR) is 133 cm³/mol. The Kier molecular flexibility index (Phi) is 5.91. The smallest absolute Gasteiger partial charge is 0.293 e. The number of nitrogens with zero attached hydrogens (tertiary/aromatic N) is 2. The maximum atomic E-state index is 13.3. The molecule has 0 radical (unpaired) electrons. The Morgan fingerprint density at radius 1 is 0.909 bits per heavy atom. The molecule has 1 aliphatic heterocycles.